The Kier molecular flexibility index (Phi) is 6.28. The molecule has 2 fully saturated rings. The zero-order valence-electron chi connectivity index (χ0n) is 18.1. The number of benzene rings is 2. The first-order valence-electron chi connectivity index (χ1n) is 11.4. The molecule has 0 spiro atoms. The molecule has 1 aliphatic heterocycles. The number of carbonyl (C=O) groups is 1. The fraction of sp³-hybridized carbons (Fsp3) is 0.385. The third kappa shape index (κ3) is 5.05. The molecule has 2 aliphatic rings. The van der Waals surface area contributed by atoms with Gasteiger partial charge in [-0.2, -0.15) is 0 Å². The van der Waals surface area contributed by atoms with Crippen LogP contribution in [0.3, 0.4) is 0 Å². The summed E-state index contributed by atoms with van der Waals surface area (Å²) in [4.78, 5) is 19.5. The van der Waals surface area contributed by atoms with Crippen LogP contribution in [0.25, 0.3) is 10.9 Å². The number of nitrogens with one attached hydrogen (secondary N) is 1. The van der Waals surface area contributed by atoms with E-state index in [0.717, 1.165) is 61.8 Å². The van der Waals surface area contributed by atoms with Crippen molar-refractivity contribution < 1.29 is 9.53 Å². The maximum Gasteiger partial charge on any atom is 0.255 e. The maximum atomic E-state index is 12.5. The number of hydrogen-bond acceptors (Lipinski definition) is 4. The van der Waals surface area contributed by atoms with Crippen LogP contribution >= 0.6 is 11.6 Å². The lowest BCUT2D eigenvalue weighted by molar-refractivity contribution is 0.0940. The summed E-state index contributed by atoms with van der Waals surface area (Å²) < 4.78 is 6.15. The summed E-state index contributed by atoms with van der Waals surface area (Å²) in [7, 11) is 0. The van der Waals surface area contributed by atoms with Crippen molar-refractivity contribution in [3.63, 3.8) is 0 Å². The Morgan fingerprint density at radius 3 is 2.81 bits per heavy atom. The minimum atomic E-state index is -0.0354. The van der Waals surface area contributed by atoms with Crippen LogP contribution in [0.2, 0.25) is 5.15 Å². The minimum absolute atomic E-state index is 0.0354. The highest BCUT2D eigenvalue weighted by Crippen LogP contribution is 2.26. The van der Waals surface area contributed by atoms with E-state index in [2.05, 4.69) is 27.3 Å². The zero-order valence-corrected chi connectivity index (χ0v) is 18.9. The van der Waals surface area contributed by atoms with E-state index in [-0.39, 0.29) is 5.91 Å². The Morgan fingerprint density at radius 1 is 1.12 bits per heavy atom. The Balaban J connectivity index is 1.21. The van der Waals surface area contributed by atoms with Crippen molar-refractivity contribution in [2.24, 2.45) is 5.92 Å². The first-order valence-corrected chi connectivity index (χ1v) is 11.8. The smallest absolute Gasteiger partial charge is 0.255 e. The second-order valence-corrected chi connectivity index (χ2v) is 9.29. The Bertz CT molecular complexity index is 1120. The molecule has 1 aromatic heterocycles. The Morgan fingerprint density at radius 2 is 1.94 bits per heavy atom. The molecule has 1 aliphatic carbocycles. The fourth-order valence-corrected chi connectivity index (χ4v) is 4.60. The normalized spacial score (nSPS) is 19.1. The largest absolute Gasteiger partial charge is 0.492 e. The zero-order chi connectivity index (χ0) is 21.9. The number of halogens is 1. The van der Waals surface area contributed by atoms with Gasteiger partial charge in [0.25, 0.3) is 5.91 Å². The molecule has 1 N–H and O–H groups in total. The van der Waals surface area contributed by atoms with Gasteiger partial charge in [0.15, 0.2) is 0 Å². The van der Waals surface area contributed by atoms with E-state index in [4.69, 9.17) is 16.3 Å². The summed E-state index contributed by atoms with van der Waals surface area (Å²) in [5.41, 5.74) is 2.62. The monoisotopic (exact) mass is 449 g/mol. The van der Waals surface area contributed by atoms with Gasteiger partial charge in [-0.25, -0.2) is 4.98 Å². The van der Waals surface area contributed by atoms with E-state index in [1.165, 1.54) is 0 Å². The van der Waals surface area contributed by atoms with Gasteiger partial charge in [0.05, 0.1) is 17.7 Å². The average molecular weight is 450 g/mol. The van der Waals surface area contributed by atoms with Gasteiger partial charge in [-0.3, -0.25) is 9.69 Å². The molecule has 2 aromatic carbocycles. The topological polar surface area (TPSA) is 54.5 Å². The first-order chi connectivity index (χ1) is 15.7. The number of para-hydroxylation sites is 2. The van der Waals surface area contributed by atoms with Crippen LogP contribution in [-0.2, 0) is 6.54 Å². The van der Waals surface area contributed by atoms with Gasteiger partial charge in [0, 0.05) is 36.0 Å². The van der Waals surface area contributed by atoms with Gasteiger partial charge in [0.2, 0.25) is 0 Å². The summed E-state index contributed by atoms with van der Waals surface area (Å²) in [6.45, 7) is 3.38. The van der Waals surface area contributed by atoms with Crippen molar-refractivity contribution in [1.82, 2.24) is 15.2 Å². The fourth-order valence-electron chi connectivity index (χ4n) is 4.40. The van der Waals surface area contributed by atoms with Crippen molar-refractivity contribution in [2.45, 2.75) is 38.3 Å². The Hall–Kier alpha value is -2.63. The number of fused-ring (bicyclic) bond motifs is 1. The molecule has 0 bridgehead atoms. The summed E-state index contributed by atoms with van der Waals surface area (Å²) in [5.74, 6) is 1.05. The SMILES string of the molecule is O=C(NC1CC1)c1ccccc1OCC1CCCN(Cc2cc3ccccc3nc2Cl)C1. The van der Waals surface area contributed by atoms with Crippen LogP contribution in [0.5, 0.6) is 5.75 Å². The van der Waals surface area contributed by atoms with E-state index >= 15 is 0 Å². The van der Waals surface area contributed by atoms with Crippen LogP contribution in [0.15, 0.2) is 54.6 Å². The van der Waals surface area contributed by atoms with Crippen molar-refractivity contribution in [2.75, 3.05) is 19.7 Å². The predicted octanol–water partition coefficient (Wildman–Crippen LogP) is 5.07. The van der Waals surface area contributed by atoms with E-state index in [0.29, 0.717) is 35.0 Å². The second kappa shape index (κ2) is 9.47. The van der Waals surface area contributed by atoms with Gasteiger partial charge in [-0.05, 0) is 56.5 Å². The van der Waals surface area contributed by atoms with Gasteiger partial charge in [-0.15, -0.1) is 0 Å². The first kappa shape index (κ1) is 21.2. The lowest BCUT2D eigenvalue weighted by atomic mass is 9.98. The number of pyridine rings is 1. The summed E-state index contributed by atoms with van der Waals surface area (Å²) >= 11 is 6.49. The highest BCUT2D eigenvalue weighted by Gasteiger charge is 2.26. The lowest BCUT2D eigenvalue weighted by Gasteiger charge is -2.32. The van der Waals surface area contributed by atoms with Gasteiger partial charge >= 0.3 is 0 Å². The molecule has 1 atom stereocenters. The number of rotatable bonds is 7. The number of carbonyl (C=O) groups excluding carboxylic acids is 1. The number of aromatic nitrogens is 1. The van der Waals surface area contributed by atoms with Crippen LogP contribution in [0.1, 0.15) is 41.6 Å². The van der Waals surface area contributed by atoms with Crippen LogP contribution in [0.4, 0.5) is 0 Å². The average Bonchev–Trinajstić information content (AvgIpc) is 3.63. The van der Waals surface area contributed by atoms with Crippen LogP contribution < -0.4 is 10.1 Å². The lowest BCUT2D eigenvalue weighted by Crippen LogP contribution is -2.37. The molecular weight excluding hydrogens is 422 g/mol. The molecule has 3 aromatic rings. The van der Waals surface area contributed by atoms with Crippen molar-refractivity contribution in [3.05, 3.63) is 70.9 Å². The van der Waals surface area contributed by atoms with E-state index in [1.807, 2.05) is 42.5 Å². The molecule has 1 unspecified atom stereocenters. The van der Waals surface area contributed by atoms with Crippen molar-refractivity contribution in [3.8, 4) is 5.75 Å². The number of amides is 1. The third-order valence-corrected chi connectivity index (χ3v) is 6.59. The number of ether oxygens (including phenoxy) is 1. The maximum absolute atomic E-state index is 12.5. The van der Waals surface area contributed by atoms with Gasteiger partial charge in [-0.1, -0.05) is 41.9 Å². The summed E-state index contributed by atoms with van der Waals surface area (Å²) in [6.07, 6.45) is 4.39. The minimum Gasteiger partial charge on any atom is -0.492 e. The highest BCUT2D eigenvalue weighted by atomic mass is 35.5. The quantitative estimate of drug-likeness (QED) is 0.511. The highest BCUT2D eigenvalue weighted by molar-refractivity contribution is 6.30. The van der Waals surface area contributed by atoms with Crippen LogP contribution in [-0.4, -0.2) is 41.5 Å². The Labute approximate surface area is 193 Å². The molecule has 166 valence electrons. The van der Waals surface area contributed by atoms with E-state index in [9.17, 15) is 4.79 Å². The number of nitrogens with zero attached hydrogens (tertiary/aromatic N) is 2. The third-order valence-electron chi connectivity index (χ3n) is 6.27. The molecule has 5 rings (SSSR count). The molecule has 6 heteroatoms. The molecule has 2 heterocycles. The molecule has 32 heavy (non-hydrogen) atoms. The molecule has 1 amide bonds. The number of likely N-dealkylation sites (tertiary alicyclic amines) is 1. The predicted molar refractivity (Wildman–Crippen MR) is 127 cm³/mol. The van der Waals surface area contributed by atoms with Gasteiger partial charge in [0.1, 0.15) is 10.9 Å². The molecule has 1 saturated heterocycles. The van der Waals surface area contributed by atoms with Crippen molar-refractivity contribution >= 4 is 28.4 Å². The van der Waals surface area contributed by atoms with E-state index in [1.54, 1.807) is 0 Å². The standard InChI is InChI=1S/C26H28ClN3O2/c27-25-20(14-19-7-1-3-9-23(19)29-25)16-30-13-5-6-18(15-30)17-32-24-10-4-2-8-22(24)26(31)28-21-11-12-21/h1-4,7-10,14,18,21H,5-6,11-13,15-17H2,(H,28,31). The number of piperidine rings is 1. The number of hydrogen-bond donors (Lipinski definition) is 1. The van der Waals surface area contributed by atoms with Crippen molar-refractivity contribution in [1.29, 1.82) is 0 Å². The molecule has 1 saturated carbocycles. The second-order valence-electron chi connectivity index (χ2n) is 8.93. The summed E-state index contributed by atoms with van der Waals surface area (Å²) in [5, 5.41) is 4.75. The molecular formula is C26H28ClN3O2. The summed E-state index contributed by atoms with van der Waals surface area (Å²) in [6, 6.07) is 18.1. The van der Waals surface area contributed by atoms with E-state index < -0.39 is 0 Å². The molecule has 0 radical (unpaired) electrons. The van der Waals surface area contributed by atoms with Crippen LogP contribution in [0, 0.1) is 5.92 Å². The van der Waals surface area contributed by atoms with Gasteiger partial charge < -0.3 is 10.1 Å². The molecule has 5 nitrogen and oxygen atoms in total.